The van der Waals surface area contributed by atoms with Gasteiger partial charge in [-0.1, -0.05) is 6.92 Å². The second-order valence-corrected chi connectivity index (χ2v) is 6.97. The van der Waals surface area contributed by atoms with Crippen LogP contribution in [0.5, 0.6) is 0 Å². The Hall–Kier alpha value is -2.20. The highest BCUT2D eigenvalue weighted by Gasteiger charge is 2.20. The van der Waals surface area contributed by atoms with Crippen LogP contribution in [-0.4, -0.2) is 47.0 Å². The van der Waals surface area contributed by atoms with Crippen LogP contribution in [0.4, 0.5) is 11.5 Å². The van der Waals surface area contributed by atoms with E-state index < -0.39 is 15.8 Å². The molecule has 2 aromatic rings. The summed E-state index contributed by atoms with van der Waals surface area (Å²) in [5.41, 5.74) is 0.441. The van der Waals surface area contributed by atoms with Gasteiger partial charge in [0.1, 0.15) is 11.4 Å². The van der Waals surface area contributed by atoms with Crippen molar-refractivity contribution < 1.29 is 17.9 Å². The molecule has 124 valence electrons. The maximum Gasteiger partial charge on any atom is 0.327 e. The van der Waals surface area contributed by atoms with Gasteiger partial charge in [-0.05, 0) is 11.6 Å². The highest BCUT2D eigenvalue weighted by molar-refractivity contribution is 7.91. The molecule has 0 fully saturated rings. The lowest BCUT2D eigenvalue weighted by molar-refractivity contribution is -0.141. The smallest absolute Gasteiger partial charge is 0.327 e. The fraction of sp³-hybridized carbons (Fsp3) is 0.333. The minimum atomic E-state index is -3.53. The summed E-state index contributed by atoms with van der Waals surface area (Å²) in [6, 6.07) is 0. The number of hydrogen-bond donors (Lipinski definition) is 1. The van der Waals surface area contributed by atoms with Crippen molar-refractivity contribution in [3.05, 3.63) is 23.9 Å². The lowest BCUT2D eigenvalue weighted by atomic mass is 10.5. The lowest BCUT2D eigenvalue weighted by Gasteiger charge is -2.09. The van der Waals surface area contributed by atoms with Crippen LogP contribution < -0.4 is 5.32 Å². The molecule has 9 nitrogen and oxygen atoms in total. The third kappa shape index (κ3) is 4.17. The van der Waals surface area contributed by atoms with Crippen LogP contribution in [0.2, 0.25) is 5.28 Å². The van der Waals surface area contributed by atoms with Gasteiger partial charge in [-0.2, -0.15) is 10.1 Å². The van der Waals surface area contributed by atoms with Crippen molar-refractivity contribution in [1.29, 1.82) is 0 Å². The van der Waals surface area contributed by atoms with E-state index in [0.29, 0.717) is 5.69 Å². The zero-order valence-corrected chi connectivity index (χ0v) is 13.9. The molecule has 0 saturated carbocycles. The van der Waals surface area contributed by atoms with E-state index in [-0.39, 0.29) is 28.3 Å². The van der Waals surface area contributed by atoms with E-state index in [1.165, 1.54) is 31.1 Å². The Morgan fingerprint density at radius 3 is 2.83 bits per heavy atom. The van der Waals surface area contributed by atoms with Crippen molar-refractivity contribution in [2.75, 3.05) is 18.2 Å². The van der Waals surface area contributed by atoms with Crippen LogP contribution in [0.25, 0.3) is 0 Å². The topological polar surface area (TPSA) is 116 Å². The van der Waals surface area contributed by atoms with Crippen LogP contribution >= 0.6 is 11.6 Å². The summed E-state index contributed by atoms with van der Waals surface area (Å²) in [5.74, 6) is -0.516. The minimum Gasteiger partial charge on any atom is -0.468 e. The number of nitrogens with zero attached hydrogens (tertiary/aromatic N) is 4. The molecule has 2 rings (SSSR count). The van der Waals surface area contributed by atoms with Gasteiger partial charge in [-0.15, -0.1) is 0 Å². The van der Waals surface area contributed by atoms with Gasteiger partial charge >= 0.3 is 5.97 Å². The summed E-state index contributed by atoms with van der Waals surface area (Å²) in [6.07, 6.45) is 4.08. The number of halogens is 1. The molecule has 11 heteroatoms. The van der Waals surface area contributed by atoms with E-state index in [9.17, 15) is 13.2 Å². The third-order valence-corrected chi connectivity index (χ3v) is 4.77. The number of carbonyl (C=O) groups excluding carboxylic acids is 1. The largest absolute Gasteiger partial charge is 0.468 e. The molecular formula is C12H14ClN5O4S. The summed E-state index contributed by atoms with van der Waals surface area (Å²) < 4.78 is 30.0. The first kappa shape index (κ1) is 17.2. The van der Waals surface area contributed by atoms with Gasteiger partial charge in [-0.3, -0.25) is 9.48 Å². The van der Waals surface area contributed by atoms with Gasteiger partial charge in [0.2, 0.25) is 5.28 Å². The van der Waals surface area contributed by atoms with E-state index in [0.717, 1.165) is 6.20 Å². The standard InChI is InChI=1S/C12H14ClN5O4S/c1-3-23(20,21)9-5-14-12(13)17-11(9)16-8-4-15-18(6-8)7-10(19)22-2/h4-6H,3,7H2,1-2H3,(H,14,16,17). The van der Waals surface area contributed by atoms with Crippen LogP contribution in [0.3, 0.4) is 0 Å². The molecule has 0 aliphatic carbocycles. The first-order valence-electron chi connectivity index (χ1n) is 6.47. The molecule has 0 amide bonds. The molecule has 1 N–H and O–H groups in total. The van der Waals surface area contributed by atoms with E-state index >= 15 is 0 Å². The van der Waals surface area contributed by atoms with Gasteiger partial charge in [0.15, 0.2) is 15.7 Å². The SMILES string of the molecule is CCS(=O)(=O)c1cnc(Cl)nc1Nc1cnn(CC(=O)OC)c1. The molecular weight excluding hydrogens is 346 g/mol. The van der Waals surface area contributed by atoms with Gasteiger partial charge in [-0.25, -0.2) is 13.4 Å². The van der Waals surface area contributed by atoms with E-state index in [1.54, 1.807) is 0 Å². The lowest BCUT2D eigenvalue weighted by Crippen LogP contribution is -2.11. The van der Waals surface area contributed by atoms with E-state index in [2.05, 4.69) is 25.1 Å². The summed E-state index contributed by atoms with van der Waals surface area (Å²) >= 11 is 5.73. The molecule has 23 heavy (non-hydrogen) atoms. The number of hydrogen-bond acceptors (Lipinski definition) is 8. The average Bonchev–Trinajstić information content (AvgIpc) is 2.94. The first-order valence-corrected chi connectivity index (χ1v) is 8.50. The molecule has 0 bridgehead atoms. The molecule has 0 aromatic carbocycles. The number of ether oxygens (including phenoxy) is 1. The first-order chi connectivity index (χ1) is 10.9. The monoisotopic (exact) mass is 359 g/mol. The number of aromatic nitrogens is 4. The molecule has 0 unspecified atom stereocenters. The normalized spacial score (nSPS) is 11.3. The second-order valence-electron chi connectivity index (χ2n) is 4.38. The van der Waals surface area contributed by atoms with Gasteiger partial charge in [0.05, 0.1) is 30.9 Å². The molecule has 0 saturated heterocycles. The van der Waals surface area contributed by atoms with Gasteiger partial charge < -0.3 is 10.1 Å². The number of sulfone groups is 1. The highest BCUT2D eigenvalue weighted by atomic mass is 35.5. The molecule has 0 aliphatic rings. The molecule has 2 aromatic heterocycles. The van der Waals surface area contributed by atoms with E-state index in [1.807, 2.05) is 0 Å². The van der Waals surface area contributed by atoms with Crippen molar-refractivity contribution in [2.24, 2.45) is 0 Å². The van der Waals surface area contributed by atoms with Gasteiger partial charge in [0, 0.05) is 6.20 Å². The van der Waals surface area contributed by atoms with Crippen molar-refractivity contribution in [3.63, 3.8) is 0 Å². The Balaban J connectivity index is 2.30. The zero-order valence-electron chi connectivity index (χ0n) is 12.4. The van der Waals surface area contributed by atoms with Crippen molar-refractivity contribution in [2.45, 2.75) is 18.4 Å². The van der Waals surface area contributed by atoms with Crippen LogP contribution in [0.15, 0.2) is 23.5 Å². The molecule has 0 aliphatic heterocycles. The Morgan fingerprint density at radius 1 is 1.43 bits per heavy atom. The van der Waals surface area contributed by atoms with Crippen molar-refractivity contribution in [1.82, 2.24) is 19.7 Å². The Bertz CT molecular complexity index is 821. The number of methoxy groups -OCH3 is 1. The average molecular weight is 360 g/mol. The second kappa shape index (κ2) is 6.92. The summed E-state index contributed by atoms with van der Waals surface area (Å²) in [6.45, 7) is 1.45. The highest BCUT2D eigenvalue weighted by Crippen LogP contribution is 2.24. The van der Waals surface area contributed by atoms with E-state index in [4.69, 9.17) is 11.6 Å². The Morgan fingerprint density at radius 2 is 2.17 bits per heavy atom. The maximum atomic E-state index is 12.1. The van der Waals surface area contributed by atoms with Crippen molar-refractivity contribution in [3.8, 4) is 0 Å². The fourth-order valence-corrected chi connectivity index (χ4v) is 2.72. The maximum absolute atomic E-state index is 12.1. The minimum absolute atomic E-state index is 0.0458. The molecule has 2 heterocycles. The van der Waals surface area contributed by atoms with Crippen LogP contribution in [0.1, 0.15) is 6.92 Å². The summed E-state index contributed by atoms with van der Waals surface area (Å²) in [5, 5.41) is 6.68. The number of carbonyl (C=O) groups is 1. The number of anilines is 2. The summed E-state index contributed by atoms with van der Waals surface area (Å²) in [4.78, 5) is 18.7. The number of rotatable bonds is 6. The van der Waals surface area contributed by atoms with Crippen LogP contribution in [-0.2, 0) is 25.9 Å². The van der Waals surface area contributed by atoms with Gasteiger partial charge in [0.25, 0.3) is 0 Å². The van der Waals surface area contributed by atoms with Crippen molar-refractivity contribution >= 4 is 38.9 Å². The third-order valence-electron chi connectivity index (χ3n) is 2.86. The predicted octanol–water partition coefficient (Wildman–Crippen LogP) is 1.04. The van der Waals surface area contributed by atoms with Crippen LogP contribution in [0, 0.1) is 0 Å². The fourth-order valence-electron chi connectivity index (χ4n) is 1.67. The molecule has 0 atom stereocenters. The molecule has 0 radical (unpaired) electrons. The quantitative estimate of drug-likeness (QED) is 0.600. The number of esters is 1. The summed E-state index contributed by atoms with van der Waals surface area (Å²) in [7, 11) is -2.26. The zero-order chi connectivity index (χ0) is 17.0. The number of nitrogens with one attached hydrogen (secondary N) is 1. The Labute approximate surface area is 137 Å². The Kier molecular flexibility index (Phi) is 5.16. The molecule has 0 spiro atoms. The predicted molar refractivity (Wildman–Crippen MR) is 82.3 cm³/mol.